The highest BCUT2D eigenvalue weighted by atomic mass is 32.2. The molecule has 0 aromatic heterocycles. The predicted molar refractivity (Wildman–Crippen MR) is 56.3 cm³/mol. The van der Waals surface area contributed by atoms with E-state index in [4.69, 9.17) is 9.66 Å². The topological polar surface area (TPSA) is 74.6 Å². The molecule has 0 aliphatic heterocycles. The minimum atomic E-state index is -4.57. The van der Waals surface area contributed by atoms with E-state index in [0.29, 0.717) is 5.56 Å². The number of aryl methyl sites for hydroxylation is 1. The Bertz CT molecular complexity index is 494. The van der Waals surface area contributed by atoms with Crippen molar-refractivity contribution in [3.63, 3.8) is 0 Å². The van der Waals surface area contributed by atoms with Gasteiger partial charge >= 0.3 is 0 Å². The monoisotopic (exact) mass is 248 g/mol. The van der Waals surface area contributed by atoms with Crippen LogP contribution in [-0.4, -0.2) is 24.2 Å². The molecule has 1 atom stereocenters. The molecule has 0 aliphatic carbocycles. The Morgan fingerprint density at radius 2 is 2.00 bits per heavy atom. The molecule has 16 heavy (non-hydrogen) atoms. The first-order valence-corrected chi connectivity index (χ1v) is 6.11. The first kappa shape index (κ1) is 13.1. The minimum absolute atomic E-state index is 0.00102. The first-order valence-electron chi connectivity index (χ1n) is 4.67. The van der Waals surface area contributed by atoms with Gasteiger partial charge in [0.05, 0.1) is 6.10 Å². The molecule has 4 nitrogen and oxygen atoms in total. The normalized spacial score (nSPS) is 13.8. The molecule has 2 N–H and O–H groups in total. The van der Waals surface area contributed by atoms with Gasteiger partial charge in [-0.2, -0.15) is 8.42 Å². The van der Waals surface area contributed by atoms with E-state index in [1.54, 1.807) is 6.92 Å². The third-order valence-corrected chi connectivity index (χ3v) is 3.09. The second-order valence-electron chi connectivity index (χ2n) is 3.70. The van der Waals surface area contributed by atoms with E-state index in [1.165, 1.54) is 13.0 Å². The first-order chi connectivity index (χ1) is 7.23. The van der Waals surface area contributed by atoms with Crippen molar-refractivity contribution >= 4 is 10.1 Å². The van der Waals surface area contributed by atoms with Crippen LogP contribution in [0.1, 0.15) is 18.1 Å². The Morgan fingerprint density at radius 3 is 2.44 bits per heavy atom. The fraction of sp³-hybridized carbons (Fsp3) is 0.400. The summed E-state index contributed by atoms with van der Waals surface area (Å²) in [6.45, 7) is 3.08. The average Bonchev–Trinajstić information content (AvgIpc) is 2.09. The van der Waals surface area contributed by atoms with Crippen molar-refractivity contribution in [3.05, 3.63) is 29.1 Å². The van der Waals surface area contributed by atoms with Gasteiger partial charge in [-0.3, -0.25) is 4.55 Å². The molecule has 0 radical (unpaired) electrons. The zero-order chi connectivity index (χ0) is 12.5. The summed E-state index contributed by atoms with van der Waals surface area (Å²) in [5, 5.41) is 9.17. The van der Waals surface area contributed by atoms with Crippen LogP contribution in [0.5, 0.6) is 0 Å². The van der Waals surface area contributed by atoms with Crippen molar-refractivity contribution < 1.29 is 22.5 Å². The van der Waals surface area contributed by atoms with Gasteiger partial charge in [0.15, 0.2) is 0 Å². The predicted octanol–water partition coefficient (Wildman–Crippen LogP) is 1.30. The fourth-order valence-corrected chi connectivity index (χ4v) is 2.03. The SMILES string of the molecule is Cc1ccc(S(=O)(=O)O)c(F)c1C[C@H](C)O. The van der Waals surface area contributed by atoms with Crippen molar-refractivity contribution in [2.24, 2.45) is 0 Å². The summed E-state index contributed by atoms with van der Waals surface area (Å²) < 4.78 is 44.2. The van der Waals surface area contributed by atoms with Crippen molar-refractivity contribution in [1.29, 1.82) is 0 Å². The average molecular weight is 248 g/mol. The maximum Gasteiger partial charge on any atom is 0.297 e. The molecule has 1 aromatic carbocycles. The van der Waals surface area contributed by atoms with Gasteiger partial charge in [-0.1, -0.05) is 6.07 Å². The van der Waals surface area contributed by atoms with Gasteiger partial charge in [-0.05, 0) is 31.0 Å². The van der Waals surface area contributed by atoms with Gasteiger partial charge in [0.1, 0.15) is 10.7 Å². The van der Waals surface area contributed by atoms with Crippen LogP contribution in [0, 0.1) is 12.7 Å². The molecule has 0 unspecified atom stereocenters. The van der Waals surface area contributed by atoms with Crippen LogP contribution < -0.4 is 0 Å². The van der Waals surface area contributed by atoms with Crippen LogP contribution in [0.15, 0.2) is 17.0 Å². The Balaban J connectivity index is 3.39. The van der Waals surface area contributed by atoms with E-state index in [1.807, 2.05) is 0 Å². The molecule has 1 aromatic rings. The summed E-state index contributed by atoms with van der Waals surface area (Å²) in [7, 11) is -4.57. The van der Waals surface area contributed by atoms with Crippen molar-refractivity contribution in [3.8, 4) is 0 Å². The number of halogens is 1. The maximum absolute atomic E-state index is 13.7. The number of hydrogen-bond acceptors (Lipinski definition) is 3. The summed E-state index contributed by atoms with van der Waals surface area (Å²) >= 11 is 0. The van der Waals surface area contributed by atoms with E-state index >= 15 is 0 Å². The lowest BCUT2D eigenvalue weighted by molar-refractivity contribution is 0.193. The van der Waals surface area contributed by atoms with Gasteiger partial charge in [-0.15, -0.1) is 0 Å². The number of aliphatic hydroxyl groups is 1. The Kier molecular flexibility index (Phi) is 3.67. The van der Waals surface area contributed by atoms with Crippen LogP contribution in [0.3, 0.4) is 0 Å². The maximum atomic E-state index is 13.7. The highest BCUT2D eigenvalue weighted by Gasteiger charge is 2.20. The van der Waals surface area contributed by atoms with Crippen LogP contribution in [0.2, 0.25) is 0 Å². The highest BCUT2D eigenvalue weighted by molar-refractivity contribution is 7.85. The largest absolute Gasteiger partial charge is 0.393 e. The van der Waals surface area contributed by atoms with Crippen LogP contribution in [0.25, 0.3) is 0 Å². The quantitative estimate of drug-likeness (QED) is 0.791. The summed E-state index contributed by atoms with van der Waals surface area (Å²) in [4.78, 5) is -0.756. The second-order valence-corrected chi connectivity index (χ2v) is 5.09. The van der Waals surface area contributed by atoms with Gasteiger partial charge < -0.3 is 5.11 Å². The smallest absolute Gasteiger partial charge is 0.297 e. The summed E-state index contributed by atoms with van der Waals surface area (Å²) in [5.41, 5.74) is 0.635. The standard InChI is InChI=1S/C10H13FO4S/c1-6-3-4-9(16(13,14)15)10(11)8(6)5-7(2)12/h3-4,7,12H,5H2,1-2H3,(H,13,14,15)/t7-/m0/s1. The van der Waals surface area contributed by atoms with E-state index in [0.717, 1.165) is 6.07 Å². The molecule has 0 saturated carbocycles. The van der Waals surface area contributed by atoms with Gasteiger partial charge in [0, 0.05) is 6.42 Å². The number of benzene rings is 1. The minimum Gasteiger partial charge on any atom is -0.393 e. The zero-order valence-electron chi connectivity index (χ0n) is 8.94. The van der Waals surface area contributed by atoms with E-state index < -0.39 is 26.9 Å². The molecule has 6 heteroatoms. The highest BCUT2D eigenvalue weighted by Crippen LogP contribution is 2.22. The van der Waals surface area contributed by atoms with Crippen LogP contribution in [0.4, 0.5) is 4.39 Å². The van der Waals surface area contributed by atoms with Crippen molar-refractivity contribution in [2.45, 2.75) is 31.3 Å². The van der Waals surface area contributed by atoms with Crippen LogP contribution >= 0.6 is 0 Å². The molecule has 0 fully saturated rings. The summed E-state index contributed by atoms with van der Waals surface area (Å²) in [6.07, 6.45) is -0.786. The lowest BCUT2D eigenvalue weighted by Gasteiger charge is -2.11. The zero-order valence-corrected chi connectivity index (χ0v) is 9.75. The van der Waals surface area contributed by atoms with E-state index in [2.05, 4.69) is 0 Å². The molecule has 90 valence electrons. The van der Waals surface area contributed by atoms with E-state index in [9.17, 15) is 12.8 Å². The number of hydrogen-bond donors (Lipinski definition) is 2. The second kappa shape index (κ2) is 4.48. The molecule has 0 heterocycles. The Labute approximate surface area is 93.5 Å². The molecule has 0 aliphatic rings. The van der Waals surface area contributed by atoms with Gasteiger partial charge in [0.25, 0.3) is 10.1 Å². The summed E-state index contributed by atoms with van der Waals surface area (Å²) in [6, 6.07) is 2.40. The van der Waals surface area contributed by atoms with E-state index in [-0.39, 0.29) is 12.0 Å². The summed E-state index contributed by atoms with van der Waals surface area (Å²) in [5.74, 6) is -0.997. The van der Waals surface area contributed by atoms with Crippen molar-refractivity contribution in [1.82, 2.24) is 0 Å². The number of aliphatic hydroxyl groups excluding tert-OH is 1. The van der Waals surface area contributed by atoms with Gasteiger partial charge in [-0.25, -0.2) is 4.39 Å². The van der Waals surface area contributed by atoms with Gasteiger partial charge in [0.2, 0.25) is 0 Å². The lowest BCUT2D eigenvalue weighted by atomic mass is 10.0. The molecular formula is C10H13FO4S. The fourth-order valence-electron chi connectivity index (χ4n) is 1.44. The third kappa shape index (κ3) is 2.78. The molecule has 0 bridgehead atoms. The molecule has 1 rings (SSSR count). The molecule has 0 amide bonds. The number of rotatable bonds is 3. The molecule has 0 saturated heterocycles. The molecular weight excluding hydrogens is 235 g/mol. The molecule has 0 spiro atoms. The van der Waals surface area contributed by atoms with Crippen molar-refractivity contribution in [2.75, 3.05) is 0 Å². The van der Waals surface area contributed by atoms with Crippen LogP contribution in [-0.2, 0) is 16.5 Å². The lowest BCUT2D eigenvalue weighted by Crippen LogP contribution is -2.11. The third-order valence-electron chi connectivity index (χ3n) is 2.22. The Hall–Kier alpha value is -0.980. The Morgan fingerprint density at radius 1 is 1.44 bits per heavy atom.